The van der Waals surface area contributed by atoms with Crippen molar-refractivity contribution in [1.82, 2.24) is 20.0 Å². The molecule has 2 heterocycles. The van der Waals surface area contributed by atoms with Crippen molar-refractivity contribution in [2.45, 2.75) is 29.8 Å². The van der Waals surface area contributed by atoms with Crippen molar-refractivity contribution in [2.24, 2.45) is 0 Å². The average molecular weight is 346 g/mol. The maximum Gasteiger partial charge on any atom is 0.206 e. The molecule has 8 heteroatoms. The highest BCUT2D eigenvalue weighted by Crippen LogP contribution is 2.30. The number of nitrogens with zero attached hydrogens (tertiary/aromatic N) is 4. The number of nitrogens with one attached hydrogen (secondary N) is 1. The first kappa shape index (κ1) is 12.4. The first-order valence-corrected chi connectivity index (χ1v) is 8.30. The molecular formula is C10H12BrN5S2. The van der Waals surface area contributed by atoms with E-state index >= 15 is 0 Å². The van der Waals surface area contributed by atoms with E-state index in [9.17, 15) is 0 Å². The number of hydrogen-bond donors (Lipinski definition) is 1. The predicted molar refractivity (Wildman–Crippen MR) is 77.2 cm³/mol. The lowest BCUT2D eigenvalue weighted by molar-refractivity contribution is 0.666. The van der Waals surface area contributed by atoms with E-state index in [4.69, 9.17) is 0 Å². The molecule has 5 nitrogen and oxygen atoms in total. The van der Waals surface area contributed by atoms with Crippen LogP contribution in [0.15, 0.2) is 21.2 Å². The van der Waals surface area contributed by atoms with E-state index in [0.717, 1.165) is 26.2 Å². The second kappa shape index (κ2) is 5.58. The van der Waals surface area contributed by atoms with E-state index in [1.165, 1.54) is 12.8 Å². The van der Waals surface area contributed by atoms with Crippen LogP contribution in [0.2, 0.25) is 0 Å². The Morgan fingerprint density at radius 3 is 3.11 bits per heavy atom. The standard InChI is InChI=1S/C10H12BrN5S2/c11-7-5-12-16(6-7)3-4-17-10-15-14-9(18-10)13-8-1-2-8/h5-6,8H,1-4H2,(H,13,14). The Hall–Kier alpha value is -0.600. The zero-order valence-corrected chi connectivity index (χ0v) is 12.8. The van der Waals surface area contributed by atoms with Crippen LogP contribution in [0.5, 0.6) is 0 Å². The molecule has 0 radical (unpaired) electrons. The Balaban J connectivity index is 1.45. The molecule has 0 aliphatic heterocycles. The normalized spacial score (nSPS) is 14.9. The van der Waals surface area contributed by atoms with Gasteiger partial charge in [-0.15, -0.1) is 10.2 Å². The van der Waals surface area contributed by atoms with E-state index < -0.39 is 0 Å². The molecule has 0 atom stereocenters. The van der Waals surface area contributed by atoms with E-state index in [-0.39, 0.29) is 0 Å². The molecule has 0 amide bonds. The summed E-state index contributed by atoms with van der Waals surface area (Å²) in [6.45, 7) is 0.876. The maximum absolute atomic E-state index is 4.21. The Labute approximate surface area is 122 Å². The minimum Gasteiger partial charge on any atom is -0.357 e. The van der Waals surface area contributed by atoms with Crippen LogP contribution in [0.1, 0.15) is 12.8 Å². The van der Waals surface area contributed by atoms with Gasteiger partial charge in [0.15, 0.2) is 4.34 Å². The van der Waals surface area contributed by atoms with E-state index in [1.807, 2.05) is 10.9 Å². The maximum atomic E-state index is 4.21. The van der Waals surface area contributed by atoms with Crippen molar-refractivity contribution < 1.29 is 0 Å². The van der Waals surface area contributed by atoms with Gasteiger partial charge in [0.05, 0.1) is 17.2 Å². The lowest BCUT2D eigenvalue weighted by Crippen LogP contribution is -2.00. The van der Waals surface area contributed by atoms with Crippen molar-refractivity contribution in [3.8, 4) is 0 Å². The molecule has 0 aromatic carbocycles. The van der Waals surface area contributed by atoms with Crippen molar-refractivity contribution in [2.75, 3.05) is 11.1 Å². The molecule has 1 aliphatic rings. The second-order valence-electron chi connectivity index (χ2n) is 4.06. The topological polar surface area (TPSA) is 55.6 Å². The summed E-state index contributed by atoms with van der Waals surface area (Å²) in [7, 11) is 0. The molecule has 1 saturated carbocycles. The van der Waals surface area contributed by atoms with Gasteiger partial charge in [0.1, 0.15) is 0 Å². The Kier molecular flexibility index (Phi) is 3.86. The number of hydrogen-bond acceptors (Lipinski definition) is 6. The van der Waals surface area contributed by atoms with Crippen LogP contribution in [0.4, 0.5) is 5.13 Å². The molecule has 0 unspecified atom stereocenters. The monoisotopic (exact) mass is 345 g/mol. The summed E-state index contributed by atoms with van der Waals surface area (Å²) in [6.07, 6.45) is 6.29. The van der Waals surface area contributed by atoms with Crippen LogP contribution in [0.3, 0.4) is 0 Å². The summed E-state index contributed by atoms with van der Waals surface area (Å²) in [5.74, 6) is 0.951. The van der Waals surface area contributed by atoms with E-state index in [2.05, 4.69) is 36.5 Å². The number of thioether (sulfide) groups is 1. The molecule has 2 aromatic heterocycles. The molecule has 0 spiro atoms. The van der Waals surface area contributed by atoms with Gasteiger partial charge in [-0.25, -0.2) is 0 Å². The molecule has 1 aliphatic carbocycles. The van der Waals surface area contributed by atoms with Gasteiger partial charge in [-0.2, -0.15) is 5.10 Å². The SMILES string of the molecule is Brc1cnn(CCSc2nnc(NC3CC3)s2)c1. The zero-order chi connectivity index (χ0) is 12.4. The summed E-state index contributed by atoms with van der Waals surface area (Å²) in [4.78, 5) is 0. The van der Waals surface area contributed by atoms with Gasteiger partial charge in [-0.1, -0.05) is 23.1 Å². The summed E-state index contributed by atoms with van der Waals surface area (Å²) in [5, 5.41) is 16.8. The minimum absolute atomic E-state index is 0.636. The molecule has 1 fully saturated rings. The molecule has 3 rings (SSSR count). The van der Waals surface area contributed by atoms with Crippen LogP contribution in [0.25, 0.3) is 0 Å². The third-order valence-corrected chi connectivity index (χ3v) is 4.84. The molecule has 1 N–H and O–H groups in total. The third kappa shape index (κ3) is 3.46. The van der Waals surface area contributed by atoms with Gasteiger partial charge >= 0.3 is 0 Å². The van der Waals surface area contributed by atoms with Gasteiger partial charge in [0.2, 0.25) is 5.13 Å². The number of aromatic nitrogens is 4. The van der Waals surface area contributed by atoms with Gasteiger partial charge < -0.3 is 5.32 Å². The quantitative estimate of drug-likeness (QED) is 0.815. The minimum atomic E-state index is 0.636. The third-order valence-electron chi connectivity index (χ3n) is 2.46. The van der Waals surface area contributed by atoms with Crippen molar-refractivity contribution in [3.05, 3.63) is 16.9 Å². The van der Waals surface area contributed by atoms with Crippen LogP contribution >= 0.6 is 39.0 Å². The van der Waals surface area contributed by atoms with E-state index in [0.29, 0.717) is 6.04 Å². The number of halogens is 1. The van der Waals surface area contributed by atoms with Gasteiger partial charge in [-0.3, -0.25) is 4.68 Å². The van der Waals surface area contributed by atoms with Crippen molar-refractivity contribution in [1.29, 1.82) is 0 Å². The molecule has 0 bridgehead atoms. The van der Waals surface area contributed by atoms with Crippen LogP contribution in [-0.2, 0) is 6.54 Å². The molecule has 96 valence electrons. The van der Waals surface area contributed by atoms with Crippen LogP contribution in [0, 0.1) is 0 Å². The number of aryl methyl sites for hydroxylation is 1. The van der Waals surface area contributed by atoms with Crippen LogP contribution in [-0.4, -0.2) is 31.8 Å². The lowest BCUT2D eigenvalue weighted by Gasteiger charge is -1.98. The van der Waals surface area contributed by atoms with Crippen molar-refractivity contribution >= 4 is 44.2 Å². The highest BCUT2D eigenvalue weighted by Gasteiger charge is 2.22. The zero-order valence-electron chi connectivity index (χ0n) is 9.54. The highest BCUT2D eigenvalue weighted by atomic mass is 79.9. The van der Waals surface area contributed by atoms with Crippen molar-refractivity contribution in [3.63, 3.8) is 0 Å². The first-order chi connectivity index (χ1) is 8.79. The smallest absolute Gasteiger partial charge is 0.206 e. The molecule has 2 aromatic rings. The summed E-state index contributed by atoms with van der Waals surface area (Å²) < 4.78 is 3.95. The molecule has 0 saturated heterocycles. The van der Waals surface area contributed by atoms with Crippen LogP contribution < -0.4 is 5.32 Å². The van der Waals surface area contributed by atoms with E-state index in [1.54, 1.807) is 29.3 Å². The predicted octanol–water partition coefficient (Wildman–Crippen LogP) is 2.86. The molecular weight excluding hydrogens is 334 g/mol. The highest BCUT2D eigenvalue weighted by molar-refractivity contribution is 9.10. The summed E-state index contributed by atoms with van der Waals surface area (Å²) in [5.41, 5.74) is 0. The van der Waals surface area contributed by atoms with Gasteiger partial charge in [0, 0.05) is 18.0 Å². The first-order valence-electron chi connectivity index (χ1n) is 5.70. The van der Waals surface area contributed by atoms with Gasteiger partial charge in [0.25, 0.3) is 0 Å². The number of rotatable bonds is 6. The molecule has 18 heavy (non-hydrogen) atoms. The van der Waals surface area contributed by atoms with Gasteiger partial charge in [-0.05, 0) is 28.8 Å². The summed E-state index contributed by atoms with van der Waals surface area (Å²) >= 11 is 6.74. The Bertz CT molecular complexity index is 522. The Morgan fingerprint density at radius 2 is 2.39 bits per heavy atom. The fourth-order valence-electron chi connectivity index (χ4n) is 1.42. The number of anilines is 1. The summed E-state index contributed by atoms with van der Waals surface area (Å²) in [6, 6.07) is 0.636. The second-order valence-corrected chi connectivity index (χ2v) is 7.30. The average Bonchev–Trinajstić information content (AvgIpc) is 2.88. The fraction of sp³-hybridized carbons (Fsp3) is 0.500. The fourth-order valence-corrected chi connectivity index (χ4v) is 3.57. The largest absolute Gasteiger partial charge is 0.357 e. The Morgan fingerprint density at radius 1 is 1.50 bits per heavy atom. The lowest BCUT2D eigenvalue weighted by atomic mass is 10.7.